The second-order valence-electron chi connectivity index (χ2n) is 8.31. The number of hydrogen-bond donors (Lipinski definition) is 1. The summed E-state index contributed by atoms with van der Waals surface area (Å²) in [6, 6.07) is 6.61. The van der Waals surface area contributed by atoms with E-state index >= 15 is 0 Å². The molecule has 1 aliphatic heterocycles. The largest absolute Gasteiger partial charge is 0.386 e. The molecule has 0 spiro atoms. The van der Waals surface area contributed by atoms with Crippen molar-refractivity contribution in [1.29, 1.82) is 0 Å². The van der Waals surface area contributed by atoms with E-state index in [0.717, 1.165) is 0 Å². The fourth-order valence-electron chi connectivity index (χ4n) is 2.67. The number of benzene rings is 1. The van der Waals surface area contributed by atoms with E-state index < -0.39 is 17.5 Å². The molecule has 0 unspecified atom stereocenters. The second-order valence-corrected chi connectivity index (χ2v) is 8.31. The predicted octanol–water partition coefficient (Wildman–Crippen LogP) is 3.26. The number of ether oxygens (including phenoxy) is 2. The molecule has 146 valence electrons. The van der Waals surface area contributed by atoms with Gasteiger partial charge >= 0.3 is 11.9 Å². The van der Waals surface area contributed by atoms with Gasteiger partial charge in [-0.15, -0.1) is 0 Å². The highest BCUT2D eigenvalue weighted by Crippen LogP contribution is 2.27. The minimum atomic E-state index is -0.685. The highest BCUT2D eigenvalue weighted by Gasteiger charge is 2.31. The number of cyclic esters (lactones) is 2. The molecule has 6 heteroatoms. The van der Waals surface area contributed by atoms with E-state index in [1.165, 1.54) is 6.92 Å². The maximum absolute atomic E-state index is 12.7. The van der Waals surface area contributed by atoms with Crippen LogP contribution in [0.25, 0.3) is 5.57 Å². The van der Waals surface area contributed by atoms with Crippen molar-refractivity contribution in [1.82, 2.24) is 5.32 Å². The molecule has 1 amide bonds. The normalized spacial score (nSPS) is 15.2. The average Bonchev–Trinajstić information content (AvgIpc) is 2.78. The van der Waals surface area contributed by atoms with Crippen LogP contribution in [0.5, 0.6) is 0 Å². The Labute approximate surface area is 159 Å². The van der Waals surface area contributed by atoms with E-state index in [4.69, 9.17) is 4.74 Å². The van der Waals surface area contributed by atoms with Crippen LogP contribution in [0.1, 0.15) is 63.9 Å². The topological polar surface area (TPSA) is 81.7 Å². The summed E-state index contributed by atoms with van der Waals surface area (Å²) in [5.74, 6) is -1.59. The molecule has 1 heterocycles. The Morgan fingerprint density at radius 2 is 1.78 bits per heavy atom. The van der Waals surface area contributed by atoms with Gasteiger partial charge in [0.1, 0.15) is 0 Å². The van der Waals surface area contributed by atoms with Gasteiger partial charge in [-0.2, -0.15) is 0 Å². The van der Waals surface area contributed by atoms with Gasteiger partial charge in [0.25, 0.3) is 5.91 Å². The van der Waals surface area contributed by atoms with Gasteiger partial charge in [-0.25, -0.2) is 9.59 Å². The summed E-state index contributed by atoms with van der Waals surface area (Å²) >= 11 is 0. The molecule has 0 aliphatic carbocycles. The molecule has 0 aromatic heterocycles. The summed E-state index contributed by atoms with van der Waals surface area (Å²) in [5.41, 5.74) is 0.655. The van der Waals surface area contributed by atoms with Gasteiger partial charge in [0, 0.05) is 23.3 Å². The molecule has 0 radical (unpaired) electrons. The molecule has 6 nitrogen and oxygen atoms in total. The van der Waals surface area contributed by atoms with Crippen LogP contribution in [0.3, 0.4) is 0 Å². The van der Waals surface area contributed by atoms with Crippen molar-refractivity contribution in [2.24, 2.45) is 0 Å². The van der Waals surface area contributed by atoms with Gasteiger partial charge in [0.2, 0.25) is 0 Å². The van der Waals surface area contributed by atoms with E-state index in [2.05, 4.69) is 10.1 Å². The molecule has 0 saturated heterocycles. The lowest BCUT2D eigenvalue weighted by molar-refractivity contribution is -0.150. The third kappa shape index (κ3) is 5.50. The molecule has 0 atom stereocenters. The third-order valence-electron chi connectivity index (χ3n) is 4.20. The number of carbonyl (C=O) groups is 3. The van der Waals surface area contributed by atoms with E-state index in [-0.39, 0.29) is 22.7 Å². The Bertz CT molecular complexity index is 799. The summed E-state index contributed by atoms with van der Waals surface area (Å²) in [5, 5.41) is 2.99. The monoisotopic (exact) mass is 373 g/mol. The first kappa shape index (κ1) is 20.8. The van der Waals surface area contributed by atoms with Gasteiger partial charge in [-0.05, 0) is 65.7 Å². The Kier molecular flexibility index (Phi) is 5.90. The molecule has 1 aliphatic rings. The minimum absolute atomic E-state index is 0.201. The maximum Gasteiger partial charge on any atom is 0.347 e. The highest BCUT2D eigenvalue weighted by atomic mass is 16.6. The number of rotatable bonds is 6. The minimum Gasteiger partial charge on any atom is -0.386 e. The molecule has 0 fully saturated rings. The second kappa shape index (κ2) is 7.64. The molecule has 0 bridgehead atoms. The van der Waals surface area contributed by atoms with Crippen molar-refractivity contribution in [3.05, 3.63) is 41.0 Å². The van der Waals surface area contributed by atoms with E-state index in [1.54, 1.807) is 24.3 Å². The summed E-state index contributed by atoms with van der Waals surface area (Å²) in [6.45, 7) is 11.9. The number of esters is 2. The van der Waals surface area contributed by atoms with Crippen LogP contribution in [0.15, 0.2) is 29.8 Å². The molecule has 0 saturated carbocycles. The molecule has 27 heavy (non-hydrogen) atoms. The first-order valence-electron chi connectivity index (χ1n) is 8.94. The van der Waals surface area contributed by atoms with Crippen molar-refractivity contribution < 1.29 is 23.9 Å². The number of hydrogen-bond acceptors (Lipinski definition) is 5. The van der Waals surface area contributed by atoms with Gasteiger partial charge in [0.05, 0.1) is 11.2 Å². The van der Waals surface area contributed by atoms with Crippen LogP contribution in [-0.4, -0.2) is 35.6 Å². The molecule has 1 aromatic carbocycles. The Balaban J connectivity index is 2.11. The summed E-state index contributed by atoms with van der Waals surface area (Å²) in [7, 11) is 0. The summed E-state index contributed by atoms with van der Waals surface area (Å²) in [6.07, 6.45) is 0.654. The lowest BCUT2D eigenvalue weighted by Crippen LogP contribution is -2.44. The molecule has 1 N–H and O–H groups in total. The Morgan fingerprint density at radius 3 is 2.33 bits per heavy atom. The molecular weight excluding hydrogens is 346 g/mol. The smallest absolute Gasteiger partial charge is 0.347 e. The van der Waals surface area contributed by atoms with Crippen molar-refractivity contribution in [2.45, 2.75) is 59.1 Å². The van der Waals surface area contributed by atoms with Crippen LogP contribution >= 0.6 is 0 Å². The van der Waals surface area contributed by atoms with Gasteiger partial charge < -0.3 is 14.8 Å². The zero-order valence-corrected chi connectivity index (χ0v) is 16.8. The standard InChI is InChI=1S/C21H27NO5/c1-13-16(19(25)27-18(13)24)14-8-7-9-15(12-14)17(23)22-21(5,6)10-11-26-20(2,3)4/h7-9,12H,10-11H2,1-6H3,(H,22,23). The fraction of sp³-hybridized carbons (Fsp3) is 0.476. The summed E-state index contributed by atoms with van der Waals surface area (Å²) in [4.78, 5) is 36.1. The van der Waals surface area contributed by atoms with Crippen LogP contribution < -0.4 is 5.32 Å². The Morgan fingerprint density at radius 1 is 1.11 bits per heavy atom. The SMILES string of the molecule is CC1=C(c2cccc(C(=O)NC(C)(C)CCOC(C)(C)C)c2)C(=O)OC1=O. The van der Waals surface area contributed by atoms with Crippen molar-refractivity contribution in [3.8, 4) is 0 Å². The quantitative estimate of drug-likeness (QED) is 0.611. The van der Waals surface area contributed by atoms with E-state index in [9.17, 15) is 14.4 Å². The zero-order valence-electron chi connectivity index (χ0n) is 16.8. The number of amides is 1. The summed E-state index contributed by atoms with van der Waals surface area (Å²) < 4.78 is 10.4. The Hall–Kier alpha value is -2.47. The number of nitrogens with one attached hydrogen (secondary N) is 1. The first-order valence-corrected chi connectivity index (χ1v) is 8.94. The molecular formula is C21H27NO5. The van der Waals surface area contributed by atoms with Gasteiger partial charge in [0.15, 0.2) is 0 Å². The van der Waals surface area contributed by atoms with Crippen LogP contribution in [0, 0.1) is 0 Å². The van der Waals surface area contributed by atoms with E-state index in [0.29, 0.717) is 24.2 Å². The van der Waals surface area contributed by atoms with Crippen molar-refractivity contribution in [3.63, 3.8) is 0 Å². The first-order chi connectivity index (χ1) is 12.4. The lowest BCUT2D eigenvalue weighted by Gasteiger charge is -2.28. The predicted molar refractivity (Wildman–Crippen MR) is 102 cm³/mol. The van der Waals surface area contributed by atoms with Crippen molar-refractivity contribution in [2.75, 3.05) is 6.61 Å². The van der Waals surface area contributed by atoms with Gasteiger partial charge in [-0.1, -0.05) is 12.1 Å². The molecule has 2 rings (SSSR count). The van der Waals surface area contributed by atoms with Crippen LogP contribution in [-0.2, 0) is 19.1 Å². The van der Waals surface area contributed by atoms with Crippen LogP contribution in [0.2, 0.25) is 0 Å². The van der Waals surface area contributed by atoms with Crippen molar-refractivity contribution >= 4 is 23.4 Å². The lowest BCUT2D eigenvalue weighted by atomic mass is 9.98. The third-order valence-corrected chi connectivity index (χ3v) is 4.20. The maximum atomic E-state index is 12.7. The average molecular weight is 373 g/mol. The molecule has 1 aromatic rings. The fourth-order valence-corrected chi connectivity index (χ4v) is 2.67. The number of carbonyl (C=O) groups excluding carboxylic acids is 3. The van der Waals surface area contributed by atoms with Crippen LogP contribution in [0.4, 0.5) is 0 Å². The zero-order chi connectivity index (χ0) is 20.4. The van der Waals surface area contributed by atoms with Gasteiger partial charge in [-0.3, -0.25) is 4.79 Å². The van der Waals surface area contributed by atoms with E-state index in [1.807, 2.05) is 34.6 Å². The highest BCUT2D eigenvalue weighted by molar-refractivity contribution is 6.30.